The third-order valence-corrected chi connectivity index (χ3v) is 8.13. The lowest BCUT2D eigenvalue weighted by Crippen LogP contribution is -2.54. The van der Waals surface area contributed by atoms with Gasteiger partial charge in [-0.1, -0.05) is 26.0 Å². The maximum atomic E-state index is 13.4. The standard InChI is InChI=1S/C35H54N6O9/c1-23(2)30(32(47)39-26(8-7-18-37-33(36)48)31(46)38-25-11-9-24(22-42)10-12-25)40-27(43)15-20-49-35(5,6)17-21-50-34(3,4)16-19-41-28(44)13-14-29(41)45/h9-14,23,26,30,42H,7-8,15-22H2,1-6H3,(H,38,46)(H,39,47)(H,40,43)(H3,36,37,48)/t26-,30?/m0/s1. The summed E-state index contributed by atoms with van der Waals surface area (Å²) in [4.78, 5) is 75.3. The third-order valence-electron chi connectivity index (χ3n) is 8.13. The van der Waals surface area contributed by atoms with Gasteiger partial charge in [-0.2, -0.15) is 0 Å². The number of carbonyl (C=O) groups excluding carboxylic acids is 6. The maximum absolute atomic E-state index is 13.4. The molecular weight excluding hydrogens is 648 g/mol. The molecule has 1 aromatic carbocycles. The van der Waals surface area contributed by atoms with Crippen LogP contribution in [0.25, 0.3) is 0 Å². The van der Waals surface area contributed by atoms with Crippen LogP contribution in [0.15, 0.2) is 36.4 Å². The summed E-state index contributed by atoms with van der Waals surface area (Å²) in [5.41, 5.74) is 5.06. The monoisotopic (exact) mass is 702 g/mol. The fourth-order valence-electron chi connectivity index (χ4n) is 4.92. The molecule has 0 radical (unpaired) electrons. The lowest BCUT2D eigenvalue weighted by atomic mass is 10.0. The highest BCUT2D eigenvalue weighted by Gasteiger charge is 2.30. The van der Waals surface area contributed by atoms with E-state index in [-0.39, 0.29) is 56.9 Å². The van der Waals surface area contributed by atoms with E-state index in [0.29, 0.717) is 37.1 Å². The van der Waals surface area contributed by atoms with Gasteiger partial charge < -0.3 is 41.6 Å². The number of ether oxygens (including phenoxy) is 2. The quantitative estimate of drug-likeness (QED) is 0.0767. The van der Waals surface area contributed by atoms with Crippen LogP contribution in [0.1, 0.15) is 79.2 Å². The van der Waals surface area contributed by atoms with Gasteiger partial charge in [-0.05, 0) is 77.0 Å². The molecule has 0 saturated carbocycles. The fraction of sp³-hybridized carbons (Fsp3) is 0.600. The molecule has 0 bridgehead atoms. The second kappa shape index (κ2) is 19.7. The first-order valence-corrected chi connectivity index (χ1v) is 16.9. The Morgan fingerprint density at radius 3 is 2.06 bits per heavy atom. The van der Waals surface area contributed by atoms with Crippen LogP contribution in [0.2, 0.25) is 0 Å². The van der Waals surface area contributed by atoms with Crippen molar-refractivity contribution in [3.63, 3.8) is 0 Å². The van der Waals surface area contributed by atoms with Gasteiger partial charge in [0.1, 0.15) is 12.1 Å². The Labute approximate surface area is 294 Å². The molecule has 7 N–H and O–H groups in total. The van der Waals surface area contributed by atoms with E-state index in [1.807, 2.05) is 27.7 Å². The van der Waals surface area contributed by atoms with E-state index in [1.165, 1.54) is 17.1 Å². The van der Waals surface area contributed by atoms with Gasteiger partial charge in [0.25, 0.3) is 11.8 Å². The normalized spacial score (nSPS) is 14.4. The highest BCUT2D eigenvalue weighted by molar-refractivity contribution is 6.12. The summed E-state index contributed by atoms with van der Waals surface area (Å²) in [6.45, 7) is 11.8. The second-order valence-corrected chi connectivity index (χ2v) is 13.8. The number of aliphatic hydroxyl groups is 1. The average Bonchev–Trinajstić information content (AvgIpc) is 3.36. The number of nitrogens with two attached hydrogens (primary N) is 1. The molecule has 0 aliphatic carbocycles. The van der Waals surface area contributed by atoms with Crippen molar-refractivity contribution < 1.29 is 43.3 Å². The summed E-state index contributed by atoms with van der Waals surface area (Å²) in [5.74, 6) is -2.39. The first kappa shape index (κ1) is 41.8. The Morgan fingerprint density at radius 1 is 0.880 bits per heavy atom. The summed E-state index contributed by atoms with van der Waals surface area (Å²) in [6.07, 6.45) is 4.01. The van der Waals surface area contributed by atoms with Gasteiger partial charge in [-0.3, -0.25) is 28.9 Å². The number of hydrogen-bond acceptors (Lipinski definition) is 9. The summed E-state index contributed by atoms with van der Waals surface area (Å²) in [5, 5.41) is 20.0. The van der Waals surface area contributed by atoms with Crippen molar-refractivity contribution >= 4 is 41.3 Å². The molecule has 1 heterocycles. The van der Waals surface area contributed by atoms with Crippen molar-refractivity contribution in [3.05, 3.63) is 42.0 Å². The number of hydrogen-bond donors (Lipinski definition) is 6. The minimum absolute atomic E-state index is 0.00918. The van der Waals surface area contributed by atoms with Crippen LogP contribution in [-0.2, 0) is 40.1 Å². The van der Waals surface area contributed by atoms with Crippen LogP contribution in [0.4, 0.5) is 10.5 Å². The summed E-state index contributed by atoms with van der Waals surface area (Å²) in [7, 11) is 0. The van der Waals surface area contributed by atoms with E-state index in [4.69, 9.17) is 15.2 Å². The molecule has 50 heavy (non-hydrogen) atoms. The predicted molar refractivity (Wildman–Crippen MR) is 186 cm³/mol. The number of benzene rings is 1. The molecule has 1 aliphatic heterocycles. The Morgan fingerprint density at radius 2 is 1.48 bits per heavy atom. The average molecular weight is 703 g/mol. The van der Waals surface area contributed by atoms with E-state index in [9.17, 15) is 33.9 Å². The van der Waals surface area contributed by atoms with E-state index in [0.717, 1.165) is 0 Å². The van der Waals surface area contributed by atoms with Crippen LogP contribution in [0.5, 0.6) is 0 Å². The molecule has 2 atom stereocenters. The first-order chi connectivity index (χ1) is 23.4. The van der Waals surface area contributed by atoms with E-state index in [1.54, 1.807) is 38.1 Å². The number of imide groups is 1. The van der Waals surface area contributed by atoms with Crippen molar-refractivity contribution in [1.29, 1.82) is 0 Å². The molecule has 7 amide bonds. The molecule has 0 fully saturated rings. The number of amides is 7. The van der Waals surface area contributed by atoms with Crippen LogP contribution >= 0.6 is 0 Å². The molecule has 1 aromatic rings. The van der Waals surface area contributed by atoms with Crippen molar-refractivity contribution in [1.82, 2.24) is 20.9 Å². The van der Waals surface area contributed by atoms with Gasteiger partial charge in [0, 0.05) is 30.9 Å². The lowest BCUT2D eigenvalue weighted by molar-refractivity contribution is -0.138. The Hall–Kier alpha value is -4.34. The third kappa shape index (κ3) is 15.0. The van der Waals surface area contributed by atoms with Gasteiger partial charge in [-0.25, -0.2) is 4.79 Å². The zero-order chi connectivity index (χ0) is 37.5. The highest BCUT2D eigenvalue weighted by atomic mass is 16.5. The second-order valence-electron chi connectivity index (χ2n) is 13.8. The highest BCUT2D eigenvalue weighted by Crippen LogP contribution is 2.21. The molecule has 15 heteroatoms. The SMILES string of the molecule is CC(C)C(NC(=O)CCOC(C)(C)CCOC(C)(C)CCN1C(=O)C=CC1=O)C(=O)N[C@@H](CCCNC(N)=O)C(=O)Nc1ccc(CO)cc1. The molecule has 1 unspecified atom stereocenters. The molecule has 278 valence electrons. The smallest absolute Gasteiger partial charge is 0.312 e. The number of anilines is 1. The first-order valence-electron chi connectivity index (χ1n) is 16.9. The minimum Gasteiger partial charge on any atom is -0.392 e. The van der Waals surface area contributed by atoms with E-state index < -0.39 is 47.0 Å². The van der Waals surface area contributed by atoms with Crippen LogP contribution in [0, 0.1) is 5.92 Å². The molecule has 15 nitrogen and oxygen atoms in total. The number of rotatable bonds is 22. The van der Waals surface area contributed by atoms with Gasteiger partial charge in [0.2, 0.25) is 17.7 Å². The van der Waals surface area contributed by atoms with Gasteiger partial charge in [0.05, 0.1) is 37.4 Å². The number of urea groups is 1. The zero-order valence-corrected chi connectivity index (χ0v) is 30.0. The van der Waals surface area contributed by atoms with Crippen molar-refractivity contribution in [2.75, 3.05) is 31.6 Å². The zero-order valence-electron chi connectivity index (χ0n) is 30.0. The number of primary amides is 1. The van der Waals surface area contributed by atoms with Gasteiger partial charge in [0.15, 0.2) is 0 Å². The number of carbonyl (C=O) groups is 6. The molecule has 1 aliphatic rings. The molecule has 0 aromatic heterocycles. The Kier molecular flexibility index (Phi) is 16.5. The Balaban J connectivity index is 1.87. The number of nitrogens with one attached hydrogen (secondary N) is 4. The largest absolute Gasteiger partial charge is 0.392 e. The molecule has 2 rings (SSSR count). The van der Waals surface area contributed by atoms with Crippen LogP contribution < -0.4 is 27.0 Å². The van der Waals surface area contributed by atoms with Crippen LogP contribution in [0.3, 0.4) is 0 Å². The summed E-state index contributed by atoms with van der Waals surface area (Å²) in [6, 6.07) is 3.97. The van der Waals surface area contributed by atoms with E-state index >= 15 is 0 Å². The molecule has 0 saturated heterocycles. The molecular formula is C35H54N6O9. The minimum atomic E-state index is -0.980. The van der Waals surface area contributed by atoms with Crippen LogP contribution in [-0.4, -0.2) is 95.2 Å². The summed E-state index contributed by atoms with van der Waals surface area (Å²) >= 11 is 0. The van der Waals surface area contributed by atoms with Crippen molar-refractivity contribution in [2.45, 2.75) is 104 Å². The summed E-state index contributed by atoms with van der Waals surface area (Å²) < 4.78 is 12.0. The maximum Gasteiger partial charge on any atom is 0.312 e. The number of aliphatic hydroxyl groups excluding tert-OH is 1. The Bertz CT molecular complexity index is 1340. The fourth-order valence-corrected chi connectivity index (χ4v) is 4.92. The van der Waals surface area contributed by atoms with E-state index in [2.05, 4.69) is 21.3 Å². The predicted octanol–water partition coefficient (Wildman–Crippen LogP) is 1.88. The lowest BCUT2D eigenvalue weighted by Gasteiger charge is -2.30. The van der Waals surface area contributed by atoms with Gasteiger partial charge >= 0.3 is 6.03 Å². The van der Waals surface area contributed by atoms with Crippen molar-refractivity contribution in [3.8, 4) is 0 Å². The topological polar surface area (TPSA) is 218 Å². The molecule has 0 spiro atoms. The number of nitrogens with zero attached hydrogens (tertiary/aromatic N) is 1. The van der Waals surface area contributed by atoms with Crippen molar-refractivity contribution in [2.24, 2.45) is 11.7 Å². The van der Waals surface area contributed by atoms with Gasteiger partial charge in [-0.15, -0.1) is 0 Å².